The smallest absolute Gasteiger partial charge is 0.142 e. The number of nitrogen functional groups attached to an aromatic ring is 1. The van der Waals surface area contributed by atoms with Crippen LogP contribution in [0.2, 0.25) is 0 Å². The molecule has 3 rings (SSSR count). The molecule has 1 aromatic heterocycles. The molecule has 4 heteroatoms. The first-order valence-corrected chi connectivity index (χ1v) is 7.29. The van der Waals surface area contributed by atoms with Crippen molar-refractivity contribution in [3.05, 3.63) is 53.7 Å². The Morgan fingerprint density at radius 2 is 1.59 bits per heavy atom. The summed E-state index contributed by atoms with van der Waals surface area (Å²) in [5.74, 6) is 1.60. The number of hydrogen-bond donors (Lipinski definition) is 2. The maximum absolute atomic E-state index is 6.14. The van der Waals surface area contributed by atoms with Gasteiger partial charge in [-0.15, -0.1) is 0 Å². The van der Waals surface area contributed by atoms with Gasteiger partial charge in [0.2, 0.25) is 0 Å². The van der Waals surface area contributed by atoms with Gasteiger partial charge in [-0.1, -0.05) is 24.3 Å². The zero-order chi connectivity index (χ0) is 15.5. The van der Waals surface area contributed by atoms with Crippen LogP contribution in [0, 0.1) is 0 Å². The molecule has 0 saturated carbocycles. The number of anilines is 1. The average Bonchev–Trinajstić information content (AvgIpc) is 2.97. The van der Waals surface area contributed by atoms with E-state index in [0.717, 1.165) is 41.1 Å². The molecule has 1 heterocycles. The first-order chi connectivity index (χ1) is 10.7. The number of fused-ring (bicyclic) bond motifs is 1. The second kappa shape index (κ2) is 6.02. The zero-order valence-corrected chi connectivity index (χ0v) is 12.8. The molecule has 0 amide bonds. The largest absolute Gasteiger partial charge is 0.495 e. The molecule has 114 valence electrons. The molecule has 0 unspecified atom stereocenters. The first kappa shape index (κ1) is 14.3. The van der Waals surface area contributed by atoms with Crippen molar-refractivity contribution in [2.75, 3.05) is 20.0 Å². The maximum Gasteiger partial charge on any atom is 0.142 e. The topological polar surface area (TPSA) is 60.3 Å². The Kier molecular flexibility index (Phi) is 3.92. The van der Waals surface area contributed by atoms with Gasteiger partial charge >= 0.3 is 0 Å². The number of H-pyrrole nitrogens is 1. The van der Waals surface area contributed by atoms with E-state index in [1.54, 1.807) is 14.2 Å². The Morgan fingerprint density at radius 3 is 2.36 bits per heavy atom. The summed E-state index contributed by atoms with van der Waals surface area (Å²) in [6, 6.07) is 12.0. The summed E-state index contributed by atoms with van der Waals surface area (Å²) in [5, 5.41) is 1.20. The molecule has 0 aliphatic heterocycles. The maximum atomic E-state index is 6.14. The number of hydrogen-bond acceptors (Lipinski definition) is 3. The van der Waals surface area contributed by atoms with Crippen LogP contribution >= 0.6 is 0 Å². The highest BCUT2D eigenvalue weighted by Crippen LogP contribution is 2.29. The van der Waals surface area contributed by atoms with Crippen molar-refractivity contribution in [1.29, 1.82) is 0 Å². The standard InChI is InChI=1S/C18H20N2O2/c1-21-15-7-3-5-12(17(15)19)9-10-13-11-20-18-14(13)6-4-8-16(18)22-2/h3-8,11,20H,9-10,19H2,1-2H3. The van der Waals surface area contributed by atoms with Crippen molar-refractivity contribution in [2.45, 2.75) is 12.8 Å². The van der Waals surface area contributed by atoms with Gasteiger partial charge in [0.1, 0.15) is 11.5 Å². The Morgan fingerprint density at radius 1 is 0.909 bits per heavy atom. The van der Waals surface area contributed by atoms with E-state index < -0.39 is 0 Å². The molecule has 0 fully saturated rings. The van der Waals surface area contributed by atoms with Gasteiger partial charge in [0.05, 0.1) is 25.4 Å². The molecule has 22 heavy (non-hydrogen) atoms. The van der Waals surface area contributed by atoms with Crippen LogP contribution in [0.15, 0.2) is 42.6 Å². The highest BCUT2D eigenvalue weighted by Gasteiger charge is 2.10. The number of para-hydroxylation sites is 2. The van der Waals surface area contributed by atoms with Crippen LogP contribution in [0.4, 0.5) is 5.69 Å². The van der Waals surface area contributed by atoms with Crippen molar-refractivity contribution in [3.8, 4) is 11.5 Å². The summed E-state index contributed by atoms with van der Waals surface area (Å²) in [5.41, 5.74) is 10.3. The second-order valence-corrected chi connectivity index (χ2v) is 5.23. The molecular formula is C18H20N2O2. The van der Waals surface area contributed by atoms with E-state index in [9.17, 15) is 0 Å². The predicted octanol–water partition coefficient (Wildman–Crippen LogP) is 3.55. The van der Waals surface area contributed by atoms with Gasteiger partial charge in [0, 0.05) is 11.6 Å². The zero-order valence-electron chi connectivity index (χ0n) is 12.8. The van der Waals surface area contributed by atoms with Crippen LogP contribution in [0.1, 0.15) is 11.1 Å². The van der Waals surface area contributed by atoms with E-state index in [0.29, 0.717) is 0 Å². The summed E-state index contributed by atoms with van der Waals surface area (Å²) < 4.78 is 10.7. The molecule has 0 saturated heterocycles. The third kappa shape index (κ3) is 2.48. The number of methoxy groups -OCH3 is 2. The minimum absolute atomic E-state index is 0.724. The highest BCUT2D eigenvalue weighted by atomic mass is 16.5. The van der Waals surface area contributed by atoms with E-state index in [2.05, 4.69) is 11.1 Å². The summed E-state index contributed by atoms with van der Waals surface area (Å²) >= 11 is 0. The fraction of sp³-hybridized carbons (Fsp3) is 0.222. The highest BCUT2D eigenvalue weighted by molar-refractivity contribution is 5.88. The number of aromatic amines is 1. The monoisotopic (exact) mass is 296 g/mol. The van der Waals surface area contributed by atoms with Gasteiger partial charge in [-0.05, 0) is 36.1 Å². The molecule has 2 aromatic carbocycles. The molecule has 0 bridgehead atoms. The van der Waals surface area contributed by atoms with E-state index >= 15 is 0 Å². The molecule has 0 spiro atoms. The van der Waals surface area contributed by atoms with Gasteiger partial charge in [-0.3, -0.25) is 0 Å². The molecule has 0 aliphatic carbocycles. The summed E-state index contributed by atoms with van der Waals surface area (Å²) in [4.78, 5) is 3.30. The van der Waals surface area contributed by atoms with Crippen LogP contribution in [0.3, 0.4) is 0 Å². The van der Waals surface area contributed by atoms with E-state index in [-0.39, 0.29) is 0 Å². The van der Waals surface area contributed by atoms with Crippen LogP contribution in [-0.4, -0.2) is 19.2 Å². The minimum atomic E-state index is 0.724. The lowest BCUT2D eigenvalue weighted by Gasteiger charge is -2.09. The minimum Gasteiger partial charge on any atom is -0.495 e. The van der Waals surface area contributed by atoms with Gasteiger partial charge in [0.15, 0.2) is 0 Å². The van der Waals surface area contributed by atoms with Crippen LogP contribution < -0.4 is 15.2 Å². The normalized spacial score (nSPS) is 10.8. The number of aryl methyl sites for hydroxylation is 2. The second-order valence-electron chi connectivity index (χ2n) is 5.23. The first-order valence-electron chi connectivity index (χ1n) is 7.29. The quantitative estimate of drug-likeness (QED) is 0.708. The Balaban J connectivity index is 1.86. The molecule has 0 radical (unpaired) electrons. The summed E-state index contributed by atoms with van der Waals surface area (Å²) in [6.07, 6.45) is 3.82. The number of nitrogens with one attached hydrogen (secondary N) is 1. The number of aromatic nitrogens is 1. The van der Waals surface area contributed by atoms with Crippen LogP contribution in [-0.2, 0) is 12.8 Å². The Bertz CT molecular complexity index is 793. The lowest BCUT2D eigenvalue weighted by Crippen LogP contribution is -1.99. The van der Waals surface area contributed by atoms with Crippen molar-refractivity contribution in [1.82, 2.24) is 4.98 Å². The summed E-state index contributed by atoms with van der Waals surface area (Å²) in [7, 11) is 3.33. The molecule has 4 nitrogen and oxygen atoms in total. The average molecular weight is 296 g/mol. The fourth-order valence-corrected chi connectivity index (χ4v) is 2.82. The molecule has 0 atom stereocenters. The number of ether oxygens (including phenoxy) is 2. The number of rotatable bonds is 5. The SMILES string of the molecule is COc1cccc(CCc2c[nH]c3c(OC)cccc23)c1N. The van der Waals surface area contributed by atoms with Crippen LogP contribution in [0.25, 0.3) is 10.9 Å². The van der Waals surface area contributed by atoms with Gasteiger partial charge in [-0.25, -0.2) is 0 Å². The van der Waals surface area contributed by atoms with Gasteiger partial charge < -0.3 is 20.2 Å². The Labute approximate surface area is 129 Å². The molecule has 3 N–H and O–H groups in total. The lowest BCUT2D eigenvalue weighted by molar-refractivity contribution is 0.416. The van der Waals surface area contributed by atoms with Gasteiger partial charge in [-0.2, -0.15) is 0 Å². The molecule has 0 aliphatic rings. The third-order valence-electron chi connectivity index (χ3n) is 4.02. The predicted molar refractivity (Wildman–Crippen MR) is 89.7 cm³/mol. The van der Waals surface area contributed by atoms with E-state index in [1.165, 1.54) is 10.9 Å². The third-order valence-corrected chi connectivity index (χ3v) is 4.02. The van der Waals surface area contributed by atoms with Crippen molar-refractivity contribution in [2.24, 2.45) is 0 Å². The van der Waals surface area contributed by atoms with Crippen molar-refractivity contribution >= 4 is 16.6 Å². The summed E-state index contributed by atoms with van der Waals surface area (Å²) in [6.45, 7) is 0. The van der Waals surface area contributed by atoms with Crippen LogP contribution in [0.5, 0.6) is 11.5 Å². The van der Waals surface area contributed by atoms with Crippen molar-refractivity contribution in [3.63, 3.8) is 0 Å². The van der Waals surface area contributed by atoms with E-state index in [1.807, 2.05) is 36.5 Å². The Hall–Kier alpha value is -2.62. The molecule has 3 aromatic rings. The fourth-order valence-electron chi connectivity index (χ4n) is 2.82. The lowest BCUT2D eigenvalue weighted by atomic mass is 10.0. The van der Waals surface area contributed by atoms with Crippen molar-refractivity contribution < 1.29 is 9.47 Å². The molecular weight excluding hydrogens is 276 g/mol. The van der Waals surface area contributed by atoms with Gasteiger partial charge in [0.25, 0.3) is 0 Å². The number of nitrogens with two attached hydrogens (primary N) is 1. The van der Waals surface area contributed by atoms with E-state index in [4.69, 9.17) is 15.2 Å². The number of benzene rings is 2.